The summed E-state index contributed by atoms with van der Waals surface area (Å²) in [5.41, 5.74) is 2.30. The van der Waals surface area contributed by atoms with E-state index in [4.69, 9.17) is 16.3 Å². The molecule has 0 atom stereocenters. The van der Waals surface area contributed by atoms with Gasteiger partial charge in [0.25, 0.3) is 10.0 Å². The van der Waals surface area contributed by atoms with Crippen LogP contribution in [-0.2, 0) is 10.0 Å². The van der Waals surface area contributed by atoms with E-state index < -0.39 is 10.0 Å². The van der Waals surface area contributed by atoms with Crippen molar-refractivity contribution in [2.45, 2.75) is 11.0 Å². The van der Waals surface area contributed by atoms with Crippen LogP contribution in [0.4, 0.5) is 5.69 Å². The smallest absolute Gasteiger partial charge is 0.261 e. The topological polar surface area (TPSA) is 68.3 Å². The van der Waals surface area contributed by atoms with E-state index in [1.54, 1.807) is 24.3 Å². The Balaban J connectivity index is 1.54. The molecule has 0 aliphatic carbocycles. The van der Waals surface area contributed by atoms with Crippen molar-refractivity contribution in [3.05, 3.63) is 119 Å². The first-order valence-electron chi connectivity index (χ1n) is 9.52. The molecule has 3 aromatic carbocycles. The maximum Gasteiger partial charge on any atom is 0.261 e. The van der Waals surface area contributed by atoms with E-state index in [1.165, 1.54) is 18.3 Å². The Labute approximate surface area is 186 Å². The fraction of sp³-hybridized carbons (Fsp3) is 0.0417. The van der Waals surface area contributed by atoms with Gasteiger partial charge in [0.2, 0.25) is 5.88 Å². The normalized spacial score (nSPS) is 11.3. The summed E-state index contributed by atoms with van der Waals surface area (Å²) in [6.45, 7) is 0. The Morgan fingerprint density at radius 2 is 1.45 bits per heavy atom. The first-order valence-corrected chi connectivity index (χ1v) is 11.4. The molecule has 1 aromatic heterocycles. The highest BCUT2D eigenvalue weighted by Crippen LogP contribution is 2.28. The van der Waals surface area contributed by atoms with E-state index in [0.717, 1.165) is 11.1 Å². The third-order valence-corrected chi connectivity index (χ3v) is 6.15. The highest BCUT2D eigenvalue weighted by Gasteiger charge is 2.18. The van der Waals surface area contributed by atoms with Crippen molar-refractivity contribution < 1.29 is 13.2 Å². The predicted octanol–water partition coefficient (Wildman–Crippen LogP) is 5.70. The van der Waals surface area contributed by atoms with Crippen LogP contribution in [0.1, 0.15) is 17.2 Å². The summed E-state index contributed by atoms with van der Waals surface area (Å²) in [5, 5.41) is 0.345. The number of hydrogen-bond donors (Lipinski definition) is 1. The van der Waals surface area contributed by atoms with E-state index in [1.807, 2.05) is 60.7 Å². The zero-order chi connectivity index (χ0) is 21.7. The van der Waals surface area contributed by atoms with Crippen molar-refractivity contribution in [2.75, 3.05) is 4.72 Å². The average Bonchev–Trinajstić information content (AvgIpc) is 2.79. The van der Waals surface area contributed by atoms with Crippen molar-refractivity contribution in [1.29, 1.82) is 0 Å². The van der Waals surface area contributed by atoms with Gasteiger partial charge in [-0.15, -0.1) is 0 Å². The lowest BCUT2D eigenvalue weighted by Crippen LogP contribution is -2.13. The van der Waals surface area contributed by atoms with Gasteiger partial charge in [0.15, 0.2) is 6.10 Å². The number of nitrogens with one attached hydrogen (secondary N) is 1. The first kappa shape index (κ1) is 20.9. The second-order valence-corrected chi connectivity index (χ2v) is 8.89. The maximum absolute atomic E-state index is 12.6. The SMILES string of the molecule is O=S(=O)(Nc1ccc(OC(c2ccccc2)c2ccccc2)nc1)c1cccc(Cl)c1. The Kier molecular flexibility index (Phi) is 6.21. The average molecular weight is 451 g/mol. The number of aromatic nitrogens is 1. The fourth-order valence-electron chi connectivity index (χ4n) is 3.06. The summed E-state index contributed by atoms with van der Waals surface area (Å²) in [6, 6.07) is 29.0. The van der Waals surface area contributed by atoms with Gasteiger partial charge in [-0.1, -0.05) is 78.3 Å². The molecule has 1 heterocycles. The summed E-state index contributed by atoms with van der Waals surface area (Å²) in [4.78, 5) is 4.37. The van der Waals surface area contributed by atoms with Gasteiger partial charge in [-0.25, -0.2) is 13.4 Å². The molecule has 7 heteroatoms. The fourth-order valence-corrected chi connectivity index (χ4v) is 4.41. The van der Waals surface area contributed by atoms with Crippen LogP contribution in [0.2, 0.25) is 5.02 Å². The Bertz CT molecular complexity index is 1210. The highest BCUT2D eigenvalue weighted by molar-refractivity contribution is 7.92. The third-order valence-electron chi connectivity index (χ3n) is 4.54. The minimum atomic E-state index is -3.77. The molecular formula is C24H19ClN2O3S. The monoisotopic (exact) mass is 450 g/mol. The van der Waals surface area contributed by atoms with Crippen LogP contribution in [-0.4, -0.2) is 13.4 Å². The van der Waals surface area contributed by atoms with Crippen molar-refractivity contribution >= 4 is 27.3 Å². The van der Waals surface area contributed by atoms with Crippen LogP contribution in [0, 0.1) is 0 Å². The molecule has 0 spiro atoms. The third kappa shape index (κ3) is 5.23. The Hall–Kier alpha value is -3.35. The van der Waals surface area contributed by atoms with Crippen LogP contribution in [0.25, 0.3) is 0 Å². The molecule has 0 unspecified atom stereocenters. The largest absolute Gasteiger partial charge is 0.465 e. The summed E-state index contributed by atoms with van der Waals surface area (Å²) in [5.74, 6) is 0.378. The molecule has 5 nitrogen and oxygen atoms in total. The molecular weight excluding hydrogens is 432 g/mol. The van der Waals surface area contributed by atoms with Gasteiger partial charge in [0, 0.05) is 11.1 Å². The van der Waals surface area contributed by atoms with Crippen LogP contribution in [0.5, 0.6) is 5.88 Å². The zero-order valence-electron chi connectivity index (χ0n) is 16.4. The number of halogens is 1. The lowest BCUT2D eigenvalue weighted by Gasteiger charge is -2.19. The van der Waals surface area contributed by atoms with E-state index in [-0.39, 0.29) is 11.0 Å². The van der Waals surface area contributed by atoms with Crippen molar-refractivity contribution in [3.63, 3.8) is 0 Å². The summed E-state index contributed by atoms with van der Waals surface area (Å²) in [6.07, 6.45) is 1.08. The molecule has 1 N–H and O–H groups in total. The molecule has 0 saturated carbocycles. The lowest BCUT2D eigenvalue weighted by molar-refractivity contribution is 0.237. The molecule has 31 heavy (non-hydrogen) atoms. The number of sulfonamides is 1. The number of ether oxygens (including phenoxy) is 1. The standard InChI is InChI=1S/C24H19ClN2O3S/c25-20-12-7-13-22(16-20)31(28,29)27-21-14-15-23(26-17-21)30-24(18-8-3-1-4-9-18)19-10-5-2-6-11-19/h1-17,24,27H. The minimum Gasteiger partial charge on any atom is -0.465 e. The number of hydrogen-bond acceptors (Lipinski definition) is 4. The summed E-state index contributed by atoms with van der Waals surface area (Å²) < 4.78 is 33.8. The number of benzene rings is 3. The van der Waals surface area contributed by atoms with Gasteiger partial charge in [0.05, 0.1) is 16.8 Å². The second-order valence-electron chi connectivity index (χ2n) is 6.77. The number of pyridine rings is 1. The minimum absolute atomic E-state index is 0.0774. The van der Waals surface area contributed by atoms with E-state index in [2.05, 4.69) is 9.71 Å². The molecule has 4 rings (SSSR count). The summed E-state index contributed by atoms with van der Waals surface area (Å²) in [7, 11) is -3.77. The molecule has 0 bridgehead atoms. The van der Waals surface area contributed by atoms with Gasteiger partial charge in [-0.05, 0) is 35.4 Å². The van der Waals surface area contributed by atoms with Gasteiger partial charge in [-0.3, -0.25) is 4.72 Å². The zero-order valence-corrected chi connectivity index (χ0v) is 17.9. The van der Waals surface area contributed by atoms with E-state index >= 15 is 0 Å². The van der Waals surface area contributed by atoms with Crippen LogP contribution >= 0.6 is 11.6 Å². The molecule has 0 fully saturated rings. The van der Waals surface area contributed by atoms with Crippen LogP contribution in [0.15, 0.2) is 108 Å². The number of rotatable bonds is 7. The van der Waals surface area contributed by atoms with Gasteiger partial charge >= 0.3 is 0 Å². The first-order chi connectivity index (χ1) is 15.0. The molecule has 0 aliphatic rings. The van der Waals surface area contributed by atoms with Gasteiger partial charge in [-0.2, -0.15) is 0 Å². The van der Waals surface area contributed by atoms with Gasteiger partial charge < -0.3 is 4.74 Å². The molecule has 0 amide bonds. The molecule has 4 aromatic rings. The Morgan fingerprint density at radius 1 is 0.806 bits per heavy atom. The number of anilines is 1. The molecule has 156 valence electrons. The molecule has 0 saturated heterocycles. The second kappa shape index (κ2) is 9.20. The summed E-state index contributed by atoms with van der Waals surface area (Å²) >= 11 is 5.90. The molecule has 0 aliphatic heterocycles. The quantitative estimate of drug-likeness (QED) is 0.392. The van der Waals surface area contributed by atoms with Crippen LogP contribution in [0.3, 0.4) is 0 Å². The van der Waals surface area contributed by atoms with E-state index in [0.29, 0.717) is 16.6 Å². The molecule has 0 radical (unpaired) electrons. The lowest BCUT2D eigenvalue weighted by atomic mass is 10.0. The van der Waals surface area contributed by atoms with Crippen molar-refractivity contribution in [3.8, 4) is 5.88 Å². The highest BCUT2D eigenvalue weighted by atomic mass is 35.5. The van der Waals surface area contributed by atoms with Gasteiger partial charge in [0.1, 0.15) is 0 Å². The number of nitrogens with zero attached hydrogens (tertiary/aromatic N) is 1. The van der Waals surface area contributed by atoms with Crippen molar-refractivity contribution in [1.82, 2.24) is 4.98 Å². The Morgan fingerprint density at radius 3 is 2.00 bits per heavy atom. The van der Waals surface area contributed by atoms with E-state index in [9.17, 15) is 8.42 Å². The maximum atomic E-state index is 12.6. The van der Waals surface area contributed by atoms with Crippen LogP contribution < -0.4 is 9.46 Å². The predicted molar refractivity (Wildman–Crippen MR) is 122 cm³/mol. The van der Waals surface area contributed by atoms with Crippen molar-refractivity contribution in [2.24, 2.45) is 0 Å².